The molecule has 6 nitrogen and oxygen atoms in total. The Kier molecular flexibility index (Phi) is 10.4. The smallest absolute Gasteiger partial charge is 0.408 e. The van der Waals surface area contributed by atoms with Crippen LogP contribution in [0.5, 0.6) is 0 Å². The molecule has 22 heavy (non-hydrogen) atoms. The van der Waals surface area contributed by atoms with Crippen LogP contribution in [0.25, 0.3) is 0 Å². The van der Waals surface area contributed by atoms with Gasteiger partial charge in [0, 0.05) is 0 Å². The van der Waals surface area contributed by atoms with E-state index in [1.807, 2.05) is 6.07 Å². The molecule has 0 aromatic carbocycles. The number of nitrogens with one attached hydrogen (secondary N) is 1. The highest BCUT2D eigenvalue weighted by Crippen LogP contribution is 2.08. The standard InChI is InChI=1S/C15H26ClN3O3/c1-5-6-9-21-19-12(10-16)7-8-13(11-17)18-14(20)22-15(2,3)4/h13H,5-10H2,1-4H3,(H,18,20)/b19-12+/t13-/m0/s1. The summed E-state index contributed by atoms with van der Waals surface area (Å²) >= 11 is 5.79. The zero-order valence-corrected chi connectivity index (χ0v) is 14.6. The number of amides is 1. The Morgan fingerprint density at radius 2 is 2.14 bits per heavy atom. The Balaban J connectivity index is 4.26. The van der Waals surface area contributed by atoms with Gasteiger partial charge in [0.15, 0.2) is 0 Å². The minimum Gasteiger partial charge on any atom is -0.444 e. The highest BCUT2D eigenvalue weighted by atomic mass is 35.5. The van der Waals surface area contributed by atoms with Crippen molar-refractivity contribution in [3.63, 3.8) is 0 Å². The quantitative estimate of drug-likeness (QED) is 0.303. The van der Waals surface area contributed by atoms with E-state index in [9.17, 15) is 4.79 Å². The second-order valence-corrected chi connectivity index (χ2v) is 6.11. The van der Waals surface area contributed by atoms with E-state index in [4.69, 9.17) is 26.4 Å². The zero-order chi connectivity index (χ0) is 17.0. The fraction of sp³-hybridized carbons (Fsp3) is 0.800. The number of alkyl carbamates (subject to hydrolysis) is 1. The molecule has 126 valence electrons. The van der Waals surface area contributed by atoms with Gasteiger partial charge in [0.2, 0.25) is 0 Å². The summed E-state index contributed by atoms with van der Waals surface area (Å²) in [5.74, 6) is 0.233. The van der Waals surface area contributed by atoms with E-state index in [-0.39, 0.29) is 5.88 Å². The van der Waals surface area contributed by atoms with Gasteiger partial charge in [-0.15, -0.1) is 11.6 Å². The van der Waals surface area contributed by atoms with E-state index in [0.717, 1.165) is 12.8 Å². The van der Waals surface area contributed by atoms with Crippen LogP contribution in [0.2, 0.25) is 0 Å². The normalized spacial score (nSPS) is 13.2. The number of carbonyl (C=O) groups excluding carboxylic acids is 1. The Hall–Kier alpha value is -1.48. The third kappa shape index (κ3) is 11.2. The first-order valence-corrected chi connectivity index (χ1v) is 7.98. The summed E-state index contributed by atoms with van der Waals surface area (Å²) in [5.41, 5.74) is 0.0592. The molecule has 0 aliphatic carbocycles. The summed E-state index contributed by atoms with van der Waals surface area (Å²) in [4.78, 5) is 16.8. The predicted molar refractivity (Wildman–Crippen MR) is 87.0 cm³/mol. The van der Waals surface area contributed by atoms with Crippen molar-refractivity contribution in [1.82, 2.24) is 5.32 Å². The molecule has 0 unspecified atom stereocenters. The highest BCUT2D eigenvalue weighted by molar-refractivity contribution is 6.28. The highest BCUT2D eigenvalue weighted by Gasteiger charge is 2.19. The van der Waals surface area contributed by atoms with Gasteiger partial charge in [-0.25, -0.2) is 4.79 Å². The minimum absolute atomic E-state index is 0.233. The van der Waals surface area contributed by atoms with Gasteiger partial charge in [-0.2, -0.15) is 5.26 Å². The summed E-state index contributed by atoms with van der Waals surface area (Å²) in [6.07, 6.45) is 2.23. The molecule has 7 heteroatoms. The average molecular weight is 332 g/mol. The maximum Gasteiger partial charge on any atom is 0.408 e. The number of ether oxygens (including phenoxy) is 1. The van der Waals surface area contributed by atoms with Crippen molar-refractivity contribution < 1.29 is 14.4 Å². The van der Waals surface area contributed by atoms with Gasteiger partial charge in [-0.05, 0) is 40.0 Å². The van der Waals surface area contributed by atoms with Crippen LogP contribution in [-0.4, -0.2) is 35.9 Å². The lowest BCUT2D eigenvalue weighted by Gasteiger charge is -2.21. The van der Waals surface area contributed by atoms with Crippen LogP contribution in [-0.2, 0) is 9.57 Å². The molecule has 1 amide bonds. The molecule has 1 atom stereocenters. The summed E-state index contributed by atoms with van der Waals surface area (Å²) in [7, 11) is 0. The van der Waals surface area contributed by atoms with Gasteiger partial charge in [0.1, 0.15) is 18.2 Å². The van der Waals surface area contributed by atoms with E-state index in [2.05, 4.69) is 17.4 Å². The summed E-state index contributed by atoms with van der Waals surface area (Å²) in [6.45, 7) is 7.91. The molecule has 1 N–H and O–H groups in total. The van der Waals surface area contributed by atoms with Crippen molar-refractivity contribution in [2.75, 3.05) is 12.5 Å². The van der Waals surface area contributed by atoms with Crippen LogP contribution in [0.15, 0.2) is 5.16 Å². The molecule has 0 aromatic rings. The maximum atomic E-state index is 11.6. The number of nitrogens with zero attached hydrogens (tertiary/aromatic N) is 2. The van der Waals surface area contributed by atoms with Crippen LogP contribution in [0.3, 0.4) is 0 Å². The lowest BCUT2D eigenvalue weighted by atomic mass is 10.1. The number of hydrogen-bond acceptors (Lipinski definition) is 5. The van der Waals surface area contributed by atoms with Crippen molar-refractivity contribution in [2.45, 2.75) is 65.0 Å². The number of unbranched alkanes of at least 4 members (excludes halogenated alkanes) is 1. The largest absolute Gasteiger partial charge is 0.444 e. The van der Waals surface area contributed by atoms with E-state index in [0.29, 0.717) is 25.2 Å². The third-order valence-electron chi connectivity index (χ3n) is 2.51. The summed E-state index contributed by atoms with van der Waals surface area (Å²) < 4.78 is 5.11. The maximum absolute atomic E-state index is 11.6. The molecule has 0 rings (SSSR count). The van der Waals surface area contributed by atoms with Gasteiger partial charge >= 0.3 is 6.09 Å². The Bertz CT molecular complexity index is 400. The van der Waals surface area contributed by atoms with E-state index in [1.54, 1.807) is 20.8 Å². The molecule has 0 radical (unpaired) electrons. The predicted octanol–water partition coefficient (Wildman–Crippen LogP) is 3.59. The Morgan fingerprint density at radius 3 is 2.64 bits per heavy atom. The molecular weight excluding hydrogens is 306 g/mol. The second kappa shape index (κ2) is 11.1. The molecule has 0 spiro atoms. The lowest BCUT2D eigenvalue weighted by Crippen LogP contribution is -2.38. The van der Waals surface area contributed by atoms with E-state index < -0.39 is 17.7 Å². The average Bonchev–Trinajstić information content (AvgIpc) is 2.43. The fourth-order valence-corrected chi connectivity index (χ4v) is 1.59. The molecule has 0 aromatic heterocycles. The molecular formula is C15H26ClN3O3. The summed E-state index contributed by atoms with van der Waals surface area (Å²) in [6, 6.07) is 1.37. The van der Waals surface area contributed by atoms with Crippen LogP contribution >= 0.6 is 11.6 Å². The Morgan fingerprint density at radius 1 is 1.45 bits per heavy atom. The SMILES string of the molecule is CCCCO/N=C(/CCl)CC[C@@H](C#N)NC(=O)OC(C)(C)C. The van der Waals surface area contributed by atoms with Crippen molar-refractivity contribution in [2.24, 2.45) is 5.16 Å². The van der Waals surface area contributed by atoms with Crippen molar-refractivity contribution in [3.8, 4) is 6.07 Å². The molecule has 0 aliphatic rings. The van der Waals surface area contributed by atoms with Gasteiger partial charge in [0.25, 0.3) is 0 Å². The van der Waals surface area contributed by atoms with Crippen LogP contribution < -0.4 is 5.32 Å². The lowest BCUT2D eigenvalue weighted by molar-refractivity contribution is 0.0514. The number of rotatable bonds is 9. The van der Waals surface area contributed by atoms with Crippen molar-refractivity contribution >= 4 is 23.4 Å². The number of alkyl halides is 1. The van der Waals surface area contributed by atoms with Crippen molar-refractivity contribution in [3.05, 3.63) is 0 Å². The van der Waals surface area contributed by atoms with Gasteiger partial charge in [-0.1, -0.05) is 18.5 Å². The van der Waals surface area contributed by atoms with Gasteiger partial charge in [0.05, 0.1) is 17.7 Å². The zero-order valence-electron chi connectivity index (χ0n) is 13.8. The number of nitriles is 1. The first-order valence-electron chi connectivity index (χ1n) is 7.45. The molecule has 0 bridgehead atoms. The second-order valence-electron chi connectivity index (χ2n) is 5.84. The Labute approximate surface area is 137 Å². The van der Waals surface area contributed by atoms with Crippen LogP contribution in [0.1, 0.15) is 53.4 Å². The minimum atomic E-state index is -0.654. The van der Waals surface area contributed by atoms with E-state index in [1.165, 1.54) is 0 Å². The first-order chi connectivity index (χ1) is 10.3. The monoisotopic (exact) mass is 331 g/mol. The first kappa shape index (κ1) is 20.5. The topological polar surface area (TPSA) is 83.7 Å². The number of carbonyl (C=O) groups is 1. The molecule has 0 heterocycles. The van der Waals surface area contributed by atoms with Gasteiger partial charge < -0.3 is 14.9 Å². The van der Waals surface area contributed by atoms with Gasteiger partial charge in [-0.3, -0.25) is 0 Å². The molecule has 0 saturated carbocycles. The van der Waals surface area contributed by atoms with Crippen molar-refractivity contribution in [1.29, 1.82) is 5.26 Å². The number of oxime groups is 1. The summed E-state index contributed by atoms with van der Waals surface area (Å²) in [5, 5.41) is 15.6. The van der Waals surface area contributed by atoms with Crippen LogP contribution in [0.4, 0.5) is 4.79 Å². The van der Waals surface area contributed by atoms with E-state index >= 15 is 0 Å². The number of hydrogen-bond donors (Lipinski definition) is 1. The molecule has 0 saturated heterocycles. The molecule has 0 fully saturated rings. The molecule has 0 aliphatic heterocycles. The number of halogens is 1. The van der Waals surface area contributed by atoms with Crippen LogP contribution in [0, 0.1) is 11.3 Å². The fourth-order valence-electron chi connectivity index (χ4n) is 1.41. The third-order valence-corrected chi connectivity index (χ3v) is 2.81.